The molecule has 2 rings (SSSR count). The molecular formula is C11H14N4O3S. The second-order valence-corrected chi connectivity index (χ2v) is 5.59. The number of sulfonamides is 1. The number of nitrogen functional groups attached to an aromatic ring is 1. The molecule has 1 aromatic carbocycles. The first-order chi connectivity index (χ1) is 8.92. The number of nitrogens with zero attached hydrogens (tertiary/aromatic N) is 2. The fraction of sp³-hybridized carbons (Fsp3) is 0.182. The van der Waals surface area contributed by atoms with Crippen molar-refractivity contribution in [3.63, 3.8) is 0 Å². The molecule has 0 radical (unpaired) electrons. The Hall–Kier alpha value is -2.22. The van der Waals surface area contributed by atoms with Gasteiger partial charge in [0.25, 0.3) is 10.0 Å². The minimum atomic E-state index is -3.69. The lowest BCUT2D eigenvalue weighted by Crippen LogP contribution is -2.13. The lowest BCUT2D eigenvalue weighted by atomic mass is 10.2. The number of nitrogens with two attached hydrogens (primary N) is 1. The van der Waals surface area contributed by atoms with E-state index in [1.807, 2.05) is 0 Å². The first-order valence-electron chi connectivity index (χ1n) is 5.37. The zero-order valence-corrected chi connectivity index (χ0v) is 11.3. The second-order valence-electron chi connectivity index (χ2n) is 3.91. The number of ether oxygens (including phenoxy) is 1. The number of nitrogens with one attached hydrogen (secondary N) is 1. The Morgan fingerprint density at radius 1 is 1.42 bits per heavy atom. The number of methoxy groups -OCH3 is 1. The molecule has 19 heavy (non-hydrogen) atoms. The predicted octanol–water partition coefficient (Wildman–Crippen LogP) is 0.812. The maximum Gasteiger partial charge on any atom is 0.265 e. The molecule has 102 valence electrons. The second kappa shape index (κ2) is 4.81. The van der Waals surface area contributed by atoms with Gasteiger partial charge in [-0.25, -0.2) is 8.42 Å². The van der Waals surface area contributed by atoms with Gasteiger partial charge in [0.2, 0.25) is 0 Å². The summed E-state index contributed by atoms with van der Waals surface area (Å²) in [6.07, 6.45) is 2.67. The van der Waals surface area contributed by atoms with Gasteiger partial charge in [0, 0.05) is 19.3 Å². The lowest BCUT2D eigenvalue weighted by molar-refractivity contribution is 0.415. The van der Waals surface area contributed by atoms with Crippen molar-refractivity contribution in [3.8, 4) is 5.75 Å². The number of benzene rings is 1. The molecule has 0 saturated heterocycles. The summed E-state index contributed by atoms with van der Waals surface area (Å²) < 4.78 is 33.0. The fourth-order valence-corrected chi connectivity index (χ4v) is 2.57. The Labute approximate surface area is 111 Å². The molecule has 0 saturated carbocycles. The molecule has 2 aromatic rings. The summed E-state index contributed by atoms with van der Waals surface area (Å²) in [4.78, 5) is 0.0743. The molecular weight excluding hydrogens is 268 g/mol. The number of aryl methyl sites for hydroxylation is 1. The number of anilines is 2. The Balaban J connectivity index is 2.30. The van der Waals surface area contributed by atoms with Crippen LogP contribution in [0.1, 0.15) is 0 Å². The van der Waals surface area contributed by atoms with Crippen molar-refractivity contribution in [1.29, 1.82) is 0 Å². The van der Waals surface area contributed by atoms with Crippen LogP contribution >= 0.6 is 0 Å². The van der Waals surface area contributed by atoms with Gasteiger partial charge in [-0.15, -0.1) is 0 Å². The van der Waals surface area contributed by atoms with Crippen LogP contribution in [0.3, 0.4) is 0 Å². The van der Waals surface area contributed by atoms with Crippen molar-refractivity contribution in [2.24, 2.45) is 7.05 Å². The Kier molecular flexibility index (Phi) is 3.34. The molecule has 0 spiro atoms. The van der Waals surface area contributed by atoms with Crippen LogP contribution in [-0.2, 0) is 17.1 Å². The quantitative estimate of drug-likeness (QED) is 0.808. The van der Waals surface area contributed by atoms with Crippen LogP contribution in [0.15, 0.2) is 35.5 Å². The maximum absolute atomic E-state index is 12.1. The molecule has 0 unspecified atom stereocenters. The third-order valence-corrected chi connectivity index (χ3v) is 3.81. The molecule has 8 heteroatoms. The first kappa shape index (κ1) is 13.2. The highest BCUT2D eigenvalue weighted by atomic mass is 32.2. The lowest BCUT2D eigenvalue weighted by Gasteiger charge is -2.10. The highest BCUT2D eigenvalue weighted by molar-refractivity contribution is 7.92. The van der Waals surface area contributed by atoms with Crippen LogP contribution < -0.4 is 15.2 Å². The molecule has 0 aliphatic rings. The minimum absolute atomic E-state index is 0.0743. The summed E-state index contributed by atoms with van der Waals surface area (Å²) in [6, 6.07) is 4.71. The van der Waals surface area contributed by atoms with Gasteiger partial charge in [0.15, 0.2) is 0 Å². The third-order valence-electron chi connectivity index (χ3n) is 2.49. The third kappa shape index (κ3) is 2.79. The number of aromatic nitrogens is 2. The zero-order valence-electron chi connectivity index (χ0n) is 10.5. The number of rotatable bonds is 4. The van der Waals surface area contributed by atoms with Crippen molar-refractivity contribution in [2.75, 3.05) is 17.6 Å². The van der Waals surface area contributed by atoms with E-state index < -0.39 is 10.0 Å². The normalized spacial score (nSPS) is 11.3. The number of hydrogen-bond donors (Lipinski definition) is 2. The Bertz CT molecular complexity index is 694. The Morgan fingerprint density at radius 2 is 2.16 bits per heavy atom. The molecule has 0 fully saturated rings. The highest BCUT2D eigenvalue weighted by Crippen LogP contribution is 2.26. The van der Waals surface area contributed by atoms with Gasteiger partial charge in [-0.05, 0) is 12.1 Å². The Morgan fingerprint density at radius 3 is 2.68 bits per heavy atom. The average Bonchev–Trinajstić information content (AvgIpc) is 2.79. The maximum atomic E-state index is 12.1. The van der Waals surface area contributed by atoms with Gasteiger partial charge in [-0.1, -0.05) is 0 Å². The summed E-state index contributed by atoms with van der Waals surface area (Å²) in [7, 11) is -0.541. The first-order valence-corrected chi connectivity index (χ1v) is 6.85. The molecule has 1 aromatic heterocycles. The van der Waals surface area contributed by atoms with Crippen LogP contribution in [0.2, 0.25) is 0 Å². The van der Waals surface area contributed by atoms with E-state index in [1.54, 1.807) is 25.2 Å². The van der Waals surface area contributed by atoms with Crippen molar-refractivity contribution in [1.82, 2.24) is 9.78 Å². The van der Waals surface area contributed by atoms with E-state index in [4.69, 9.17) is 10.5 Å². The number of hydrogen-bond acceptors (Lipinski definition) is 5. The molecule has 7 nitrogen and oxygen atoms in total. The van der Waals surface area contributed by atoms with E-state index in [0.717, 1.165) is 0 Å². The molecule has 0 atom stereocenters. The van der Waals surface area contributed by atoms with Gasteiger partial charge in [-0.2, -0.15) is 5.10 Å². The van der Waals surface area contributed by atoms with E-state index in [1.165, 1.54) is 24.2 Å². The summed E-state index contributed by atoms with van der Waals surface area (Å²) in [5.74, 6) is 0.557. The van der Waals surface area contributed by atoms with E-state index in [0.29, 0.717) is 11.4 Å². The van der Waals surface area contributed by atoms with Gasteiger partial charge in [-0.3, -0.25) is 9.40 Å². The average molecular weight is 282 g/mol. The van der Waals surface area contributed by atoms with Gasteiger partial charge in [0.05, 0.1) is 24.7 Å². The molecule has 3 N–H and O–H groups in total. The topological polar surface area (TPSA) is 99.2 Å². The van der Waals surface area contributed by atoms with Crippen LogP contribution in [0.5, 0.6) is 5.75 Å². The molecule has 0 amide bonds. The van der Waals surface area contributed by atoms with Crippen molar-refractivity contribution < 1.29 is 13.2 Å². The zero-order chi connectivity index (χ0) is 14.0. The monoisotopic (exact) mass is 282 g/mol. The molecule has 0 bridgehead atoms. The summed E-state index contributed by atoms with van der Waals surface area (Å²) in [5.41, 5.74) is 6.34. The molecule has 0 aliphatic carbocycles. The smallest absolute Gasteiger partial charge is 0.265 e. The van der Waals surface area contributed by atoms with Gasteiger partial charge in [0.1, 0.15) is 10.6 Å². The molecule has 0 aliphatic heterocycles. The summed E-state index contributed by atoms with van der Waals surface area (Å²) in [5, 5.41) is 3.82. The largest absolute Gasteiger partial charge is 0.497 e. The predicted molar refractivity (Wildman–Crippen MR) is 71.4 cm³/mol. The van der Waals surface area contributed by atoms with Crippen LogP contribution in [-0.4, -0.2) is 25.3 Å². The van der Waals surface area contributed by atoms with Gasteiger partial charge >= 0.3 is 0 Å². The van der Waals surface area contributed by atoms with E-state index >= 15 is 0 Å². The van der Waals surface area contributed by atoms with Crippen LogP contribution in [0.25, 0.3) is 0 Å². The highest BCUT2D eigenvalue weighted by Gasteiger charge is 2.17. The van der Waals surface area contributed by atoms with Crippen molar-refractivity contribution in [2.45, 2.75) is 4.90 Å². The van der Waals surface area contributed by atoms with Crippen LogP contribution in [0, 0.1) is 0 Å². The van der Waals surface area contributed by atoms with Gasteiger partial charge < -0.3 is 10.5 Å². The fourth-order valence-electron chi connectivity index (χ4n) is 1.50. The minimum Gasteiger partial charge on any atom is -0.497 e. The molecule has 1 heterocycles. The standard InChI is InChI=1S/C11H14N4O3S/c1-15-7-9(6-13-15)19(16,17)14-11-4-3-8(18-2)5-10(11)12/h3-7,14H,12H2,1-2H3. The van der Waals surface area contributed by atoms with Crippen molar-refractivity contribution >= 4 is 21.4 Å². The SMILES string of the molecule is COc1ccc(NS(=O)(=O)c2cnn(C)c2)c(N)c1. The van der Waals surface area contributed by atoms with Crippen molar-refractivity contribution in [3.05, 3.63) is 30.6 Å². The summed E-state index contributed by atoms with van der Waals surface area (Å²) in [6.45, 7) is 0. The van der Waals surface area contributed by atoms with Crippen LogP contribution in [0.4, 0.5) is 11.4 Å². The van der Waals surface area contributed by atoms with E-state index in [9.17, 15) is 8.42 Å². The van der Waals surface area contributed by atoms with E-state index in [2.05, 4.69) is 9.82 Å². The summed E-state index contributed by atoms with van der Waals surface area (Å²) >= 11 is 0. The van der Waals surface area contributed by atoms with E-state index in [-0.39, 0.29) is 10.6 Å².